The first kappa shape index (κ1) is 32.7. The molecular formula is C53H41N3O. The number of fused-ring (bicyclic) bond motifs is 8. The Morgan fingerprint density at radius 2 is 1.33 bits per heavy atom. The molecule has 3 aromatic heterocycles. The predicted molar refractivity (Wildman–Crippen MR) is 235 cm³/mol. The summed E-state index contributed by atoms with van der Waals surface area (Å²) in [5.41, 5.74) is 18.9. The van der Waals surface area contributed by atoms with Crippen LogP contribution in [0, 0.1) is 5.41 Å². The standard InChI is InChI=1S/C53H41N3O/c1-53(2)44-18-7-3-12-37(44)38-28-26-34(31-45(38)53)32-22-24-33(25-23-32)50-42-15-4-8-19-46(42)54-52(55-50)56-47-20-9-5-13-39(47)43-30-35(27-29-48(43)56)36-16-11-17-41-40-14-6-10-21-49(40)57-51(36)41/h4-11,13-22,24,27,29-31H,3,12,23,25-26,28H2,1-2H3. The van der Waals surface area contributed by atoms with Crippen molar-refractivity contribution in [1.29, 1.82) is 0 Å². The van der Waals surface area contributed by atoms with E-state index in [2.05, 4.69) is 146 Å². The summed E-state index contributed by atoms with van der Waals surface area (Å²) in [5.74, 6) is 0.696. The number of hydrogen-bond donors (Lipinski definition) is 0. The van der Waals surface area contributed by atoms with E-state index in [9.17, 15) is 0 Å². The summed E-state index contributed by atoms with van der Waals surface area (Å²) in [6.45, 7) is 4.84. The number of hydrogen-bond acceptors (Lipinski definition) is 3. The van der Waals surface area contributed by atoms with E-state index in [4.69, 9.17) is 14.4 Å². The second-order valence-corrected chi connectivity index (χ2v) is 16.7. The van der Waals surface area contributed by atoms with Crippen LogP contribution in [0.15, 0.2) is 177 Å². The van der Waals surface area contributed by atoms with Crippen LogP contribution in [-0.2, 0) is 0 Å². The molecule has 0 aliphatic heterocycles. The van der Waals surface area contributed by atoms with Crippen molar-refractivity contribution < 1.29 is 4.42 Å². The second kappa shape index (κ2) is 12.2. The molecule has 12 rings (SSSR count). The molecule has 0 amide bonds. The second-order valence-electron chi connectivity index (χ2n) is 16.7. The lowest BCUT2D eigenvalue weighted by molar-refractivity contribution is 0.567. The Hall–Kier alpha value is -6.52. The van der Waals surface area contributed by atoms with Gasteiger partial charge in [0.15, 0.2) is 0 Å². The fraction of sp³-hybridized carbons (Fsp3) is 0.170. The van der Waals surface area contributed by atoms with Crippen molar-refractivity contribution in [3.8, 4) is 17.1 Å². The van der Waals surface area contributed by atoms with Crippen molar-refractivity contribution in [1.82, 2.24) is 14.5 Å². The Morgan fingerprint density at radius 3 is 2.23 bits per heavy atom. The van der Waals surface area contributed by atoms with Gasteiger partial charge in [-0.15, -0.1) is 0 Å². The average molecular weight is 736 g/mol. The van der Waals surface area contributed by atoms with Crippen molar-refractivity contribution in [2.45, 2.75) is 52.4 Å². The van der Waals surface area contributed by atoms with Crippen molar-refractivity contribution >= 4 is 60.2 Å². The van der Waals surface area contributed by atoms with Crippen LogP contribution >= 0.6 is 0 Å². The topological polar surface area (TPSA) is 43.9 Å². The van der Waals surface area contributed by atoms with E-state index in [1.165, 1.54) is 34.9 Å². The first-order valence-electron chi connectivity index (χ1n) is 20.5. The van der Waals surface area contributed by atoms with Gasteiger partial charge in [-0.25, -0.2) is 9.97 Å². The van der Waals surface area contributed by atoms with Crippen molar-refractivity contribution in [2.75, 3.05) is 0 Å². The first-order chi connectivity index (χ1) is 28.0. The largest absolute Gasteiger partial charge is 0.455 e. The van der Waals surface area contributed by atoms with Crippen LogP contribution in [0.4, 0.5) is 0 Å². The minimum Gasteiger partial charge on any atom is -0.455 e. The number of allylic oxidation sites excluding steroid dienone is 12. The first-order valence-corrected chi connectivity index (χ1v) is 20.5. The number of furan rings is 1. The summed E-state index contributed by atoms with van der Waals surface area (Å²) in [5, 5.41) is 5.70. The third kappa shape index (κ3) is 4.86. The van der Waals surface area contributed by atoms with E-state index in [1.54, 1.807) is 22.3 Å². The summed E-state index contributed by atoms with van der Waals surface area (Å²) in [6, 6.07) is 38.6. The maximum absolute atomic E-state index is 6.46. The van der Waals surface area contributed by atoms with E-state index >= 15 is 0 Å². The molecule has 5 aromatic carbocycles. The van der Waals surface area contributed by atoms with Crippen LogP contribution in [0.2, 0.25) is 0 Å². The Bertz CT molecular complexity index is 3260. The van der Waals surface area contributed by atoms with E-state index in [0.29, 0.717) is 5.95 Å². The molecule has 4 heteroatoms. The zero-order chi connectivity index (χ0) is 37.8. The summed E-state index contributed by atoms with van der Waals surface area (Å²) < 4.78 is 8.72. The highest BCUT2D eigenvalue weighted by atomic mass is 16.3. The highest BCUT2D eigenvalue weighted by molar-refractivity contribution is 6.13. The molecule has 0 atom stereocenters. The number of aromatic nitrogens is 3. The van der Waals surface area contributed by atoms with Gasteiger partial charge in [0.05, 0.1) is 22.2 Å². The van der Waals surface area contributed by atoms with Crippen molar-refractivity contribution in [3.63, 3.8) is 0 Å². The molecule has 0 unspecified atom stereocenters. The Kier molecular flexibility index (Phi) is 7.02. The monoisotopic (exact) mass is 735 g/mol. The quantitative estimate of drug-likeness (QED) is 0.181. The Labute approximate surface area is 331 Å². The fourth-order valence-corrected chi connectivity index (χ4v) is 10.4. The predicted octanol–water partition coefficient (Wildman–Crippen LogP) is 14.1. The van der Waals surface area contributed by atoms with Crippen LogP contribution in [0.5, 0.6) is 0 Å². The zero-order valence-electron chi connectivity index (χ0n) is 32.3. The van der Waals surface area contributed by atoms with Gasteiger partial charge in [0.2, 0.25) is 5.95 Å². The van der Waals surface area contributed by atoms with Crippen LogP contribution in [0.25, 0.3) is 77.3 Å². The average Bonchev–Trinajstić information content (AvgIpc) is 3.88. The lowest BCUT2D eigenvalue weighted by Crippen LogP contribution is -2.15. The van der Waals surface area contributed by atoms with Crippen molar-refractivity contribution in [3.05, 3.63) is 179 Å². The molecule has 0 saturated carbocycles. The van der Waals surface area contributed by atoms with Crippen LogP contribution in [0.3, 0.4) is 0 Å². The highest BCUT2D eigenvalue weighted by Gasteiger charge is 2.39. The van der Waals surface area contributed by atoms with Gasteiger partial charge in [0, 0.05) is 37.9 Å². The van der Waals surface area contributed by atoms with Crippen LogP contribution < -0.4 is 0 Å². The number of benzene rings is 5. The third-order valence-corrected chi connectivity index (χ3v) is 13.2. The summed E-state index contributed by atoms with van der Waals surface area (Å²) in [6.07, 6.45) is 18.6. The SMILES string of the molecule is CC1(C)C2=C(CCC=C2)C2=C1C=C(C1=CC=C(c3nc(-n4c5ccccc5c5cc(-c6cccc7c6oc6ccccc67)ccc54)nc4ccccc34)CC1)CC2. The van der Waals surface area contributed by atoms with E-state index < -0.39 is 0 Å². The number of rotatable bonds is 4. The molecule has 4 nitrogen and oxygen atoms in total. The van der Waals surface area contributed by atoms with Gasteiger partial charge in [-0.05, 0) is 113 Å². The normalized spacial score (nSPS) is 17.8. The smallest absolute Gasteiger partial charge is 0.235 e. The highest BCUT2D eigenvalue weighted by Crippen LogP contribution is 2.54. The maximum atomic E-state index is 6.46. The number of para-hydroxylation sites is 4. The van der Waals surface area contributed by atoms with Crippen LogP contribution in [0.1, 0.15) is 58.1 Å². The lowest BCUT2D eigenvalue weighted by Gasteiger charge is -2.28. The maximum Gasteiger partial charge on any atom is 0.235 e. The fourth-order valence-electron chi connectivity index (χ4n) is 10.4. The molecule has 0 radical (unpaired) electrons. The Balaban J connectivity index is 0.965. The molecule has 0 saturated heterocycles. The van der Waals surface area contributed by atoms with Gasteiger partial charge in [-0.3, -0.25) is 4.57 Å². The van der Waals surface area contributed by atoms with E-state index in [0.717, 1.165) is 91.8 Å². The molecule has 4 aliphatic carbocycles. The molecule has 0 N–H and O–H groups in total. The summed E-state index contributed by atoms with van der Waals surface area (Å²) in [7, 11) is 0. The molecule has 0 bridgehead atoms. The molecular weight excluding hydrogens is 695 g/mol. The lowest BCUT2D eigenvalue weighted by atomic mass is 9.76. The van der Waals surface area contributed by atoms with Gasteiger partial charge in [-0.2, -0.15) is 0 Å². The Morgan fingerprint density at radius 1 is 0.596 bits per heavy atom. The van der Waals surface area contributed by atoms with Gasteiger partial charge >= 0.3 is 0 Å². The van der Waals surface area contributed by atoms with Crippen molar-refractivity contribution in [2.24, 2.45) is 5.41 Å². The molecule has 8 aromatic rings. The minimum absolute atomic E-state index is 0.0801. The molecule has 57 heavy (non-hydrogen) atoms. The van der Waals surface area contributed by atoms with Gasteiger partial charge < -0.3 is 4.42 Å². The summed E-state index contributed by atoms with van der Waals surface area (Å²) in [4.78, 5) is 10.7. The van der Waals surface area contributed by atoms with Gasteiger partial charge in [-0.1, -0.05) is 123 Å². The minimum atomic E-state index is 0.0801. The molecule has 0 spiro atoms. The zero-order valence-corrected chi connectivity index (χ0v) is 32.3. The summed E-state index contributed by atoms with van der Waals surface area (Å²) >= 11 is 0. The van der Waals surface area contributed by atoms with Gasteiger partial charge in [0.25, 0.3) is 0 Å². The van der Waals surface area contributed by atoms with Gasteiger partial charge in [0.1, 0.15) is 11.2 Å². The molecule has 3 heterocycles. The molecule has 274 valence electrons. The molecule has 0 fully saturated rings. The van der Waals surface area contributed by atoms with E-state index in [1.807, 2.05) is 12.1 Å². The van der Waals surface area contributed by atoms with E-state index in [-0.39, 0.29) is 5.41 Å². The molecule has 4 aliphatic rings. The third-order valence-electron chi connectivity index (χ3n) is 13.2. The number of nitrogens with zero attached hydrogens (tertiary/aromatic N) is 3. The van der Waals surface area contributed by atoms with Crippen LogP contribution in [-0.4, -0.2) is 14.5 Å².